The second-order valence-electron chi connectivity index (χ2n) is 4.84. The Morgan fingerprint density at radius 1 is 1.14 bits per heavy atom. The molecule has 1 N–H and O–H groups in total. The summed E-state index contributed by atoms with van der Waals surface area (Å²) in [5.41, 5.74) is 4.26. The van der Waals surface area contributed by atoms with Crippen molar-refractivity contribution in [1.82, 2.24) is 0 Å². The van der Waals surface area contributed by atoms with Gasteiger partial charge in [0.25, 0.3) is 5.69 Å². The number of nitrogens with zero attached hydrogens (tertiary/aromatic N) is 1. The molecule has 0 unspecified atom stereocenters. The zero-order valence-corrected chi connectivity index (χ0v) is 14.8. The molecular weight excluding hydrogens is 400 g/mol. The molecule has 6 heteroatoms. The van der Waals surface area contributed by atoms with Gasteiger partial charge in [0.1, 0.15) is 0 Å². The lowest BCUT2D eigenvalue weighted by molar-refractivity contribution is -0.385. The monoisotopic (exact) mass is 412 g/mol. The first-order valence-electron chi connectivity index (χ1n) is 6.32. The van der Waals surface area contributed by atoms with Crippen LogP contribution in [0.25, 0.3) is 0 Å². The van der Waals surface area contributed by atoms with Gasteiger partial charge in [-0.15, -0.1) is 0 Å². The van der Waals surface area contributed by atoms with Crippen LogP contribution < -0.4 is 5.32 Å². The van der Waals surface area contributed by atoms with Gasteiger partial charge in [0.05, 0.1) is 15.1 Å². The molecular formula is C15H14Br2N2O2. The summed E-state index contributed by atoms with van der Waals surface area (Å²) < 4.78 is 1.48. The van der Waals surface area contributed by atoms with E-state index in [2.05, 4.69) is 43.2 Å². The molecule has 0 aliphatic rings. The lowest BCUT2D eigenvalue weighted by Gasteiger charge is -2.13. The highest BCUT2D eigenvalue weighted by molar-refractivity contribution is 9.11. The molecule has 0 saturated carbocycles. The summed E-state index contributed by atoms with van der Waals surface area (Å²) in [6, 6.07) is 9.28. The number of rotatable bonds is 4. The normalized spacial score (nSPS) is 10.5. The van der Waals surface area contributed by atoms with Crippen LogP contribution in [0.5, 0.6) is 0 Å². The molecule has 2 rings (SSSR count). The zero-order chi connectivity index (χ0) is 15.6. The van der Waals surface area contributed by atoms with E-state index in [4.69, 9.17) is 0 Å². The molecule has 2 aromatic rings. The quantitative estimate of drug-likeness (QED) is 0.542. The van der Waals surface area contributed by atoms with Crippen LogP contribution in [0.2, 0.25) is 0 Å². The smallest absolute Gasteiger partial charge is 0.283 e. The van der Waals surface area contributed by atoms with Crippen molar-refractivity contribution in [3.63, 3.8) is 0 Å². The van der Waals surface area contributed by atoms with Crippen LogP contribution in [-0.2, 0) is 6.54 Å². The lowest BCUT2D eigenvalue weighted by atomic mass is 10.1. The Balaban J connectivity index is 2.21. The van der Waals surface area contributed by atoms with E-state index in [1.807, 2.05) is 26.0 Å². The van der Waals surface area contributed by atoms with E-state index in [-0.39, 0.29) is 10.6 Å². The van der Waals surface area contributed by atoms with E-state index in [9.17, 15) is 10.1 Å². The number of nitro benzene ring substituents is 1. The average molecular weight is 414 g/mol. The highest BCUT2D eigenvalue weighted by Crippen LogP contribution is 2.29. The second kappa shape index (κ2) is 6.58. The molecule has 0 amide bonds. The predicted molar refractivity (Wildman–Crippen MR) is 91.7 cm³/mol. The Morgan fingerprint density at radius 2 is 1.86 bits per heavy atom. The minimum atomic E-state index is -0.388. The first kappa shape index (κ1) is 16.0. The maximum Gasteiger partial charge on any atom is 0.283 e. The van der Waals surface area contributed by atoms with E-state index >= 15 is 0 Å². The number of aryl methyl sites for hydroxylation is 2. The van der Waals surface area contributed by atoms with Gasteiger partial charge in [-0.2, -0.15) is 0 Å². The minimum Gasteiger partial charge on any atom is -0.380 e. The van der Waals surface area contributed by atoms with Gasteiger partial charge < -0.3 is 5.32 Å². The minimum absolute atomic E-state index is 0.0778. The van der Waals surface area contributed by atoms with Crippen molar-refractivity contribution in [3.8, 4) is 0 Å². The Morgan fingerprint density at radius 3 is 2.48 bits per heavy atom. The molecule has 4 nitrogen and oxygen atoms in total. The Kier molecular flexibility index (Phi) is 5.00. The van der Waals surface area contributed by atoms with Crippen molar-refractivity contribution < 1.29 is 4.92 Å². The highest BCUT2D eigenvalue weighted by Gasteiger charge is 2.12. The van der Waals surface area contributed by atoms with Crippen molar-refractivity contribution in [2.24, 2.45) is 0 Å². The summed E-state index contributed by atoms with van der Waals surface area (Å²) in [6.07, 6.45) is 0. The topological polar surface area (TPSA) is 55.2 Å². The molecule has 21 heavy (non-hydrogen) atoms. The van der Waals surface area contributed by atoms with Crippen LogP contribution in [0, 0.1) is 24.0 Å². The molecule has 0 radical (unpaired) electrons. The average Bonchev–Trinajstić information content (AvgIpc) is 2.38. The first-order chi connectivity index (χ1) is 9.88. The number of benzene rings is 2. The van der Waals surface area contributed by atoms with Gasteiger partial charge in [-0.3, -0.25) is 10.1 Å². The molecule has 2 aromatic carbocycles. The van der Waals surface area contributed by atoms with Gasteiger partial charge in [-0.05, 0) is 74.5 Å². The van der Waals surface area contributed by atoms with Crippen LogP contribution in [-0.4, -0.2) is 4.92 Å². The van der Waals surface area contributed by atoms with Crippen LogP contribution in [0.1, 0.15) is 16.7 Å². The second-order valence-corrected chi connectivity index (χ2v) is 6.54. The van der Waals surface area contributed by atoms with Crippen molar-refractivity contribution in [3.05, 3.63) is 66.1 Å². The van der Waals surface area contributed by atoms with Crippen LogP contribution in [0.3, 0.4) is 0 Å². The first-order valence-corrected chi connectivity index (χ1v) is 7.90. The third kappa shape index (κ3) is 3.83. The Bertz CT molecular complexity index is 679. The van der Waals surface area contributed by atoms with Crippen LogP contribution >= 0.6 is 31.9 Å². The van der Waals surface area contributed by atoms with Gasteiger partial charge in [0, 0.05) is 17.1 Å². The number of halogens is 2. The number of hydrogen-bond donors (Lipinski definition) is 1. The molecule has 110 valence electrons. The standard InChI is InChI=1S/C15H14Br2N2O2/c1-9-5-10(2)15(13(17)6-9)18-8-11-3-4-12(16)14(7-11)19(20)21/h3-7,18H,8H2,1-2H3. The van der Waals surface area contributed by atoms with Gasteiger partial charge in [0.15, 0.2) is 0 Å². The molecule has 0 fully saturated rings. The van der Waals surface area contributed by atoms with Crippen molar-refractivity contribution in [2.45, 2.75) is 20.4 Å². The third-order valence-electron chi connectivity index (χ3n) is 3.11. The lowest BCUT2D eigenvalue weighted by Crippen LogP contribution is -2.03. The fraction of sp³-hybridized carbons (Fsp3) is 0.200. The van der Waals surface area contributed by atoms with E-state index in [1.165, 1.54) is 5.56 Å². The summed E-state index contributed by atoms with van der Waals surface area (Å²) in [4.78, 5) is 10.6. The van der Waals surface area contributed by atoms with Crippen LogP contribution in [0.4, 0.5) is 11.4 Å². The van der Waals surface area contributed by atoms with Gasteiger partial charge >= 0.3 is 0 Å². The molecule has 0 saturated heterocycles. The molecule has 0 aliphatic heterocycles. The predicted octanol–water partition coefficient (Wildman–Crippen LogP) is 5.35. The fourth-order valence-electron chi connectivity index (χ4n) is 2.14. The van der Waals surface area contributed by atoms with E-state index in [0.29, 0.717) is 11.0 Å². The van der Waals surface area contributed by atoms with Gasteiger partial charge in [-0.25, -0.2) is 0 Å². The Labute approximate surface area is 140 Å². The number of anilines is 1. The van der Waals surface area contributed by atoms with E-state index in [0.717, 1.165) is 21.3 Å². The largest absolute Gasteiger partial charge is 0.380 e. The molecule has 0 aromatic heterocycles. The van der Waals surface area contributed by atoms with E-state index < -0.39 is 0 Å². The summed E-state index contributed by atoms with van der Waals surface area (Å²) in [6.45, 7) is 4.60. The van der Waals surface area contributed by atoms with Crippen molar-refractivity contribution >= 4 is 43.2 Å². The van der Waals surface area contributed by atoms with E-state index in [1.54, 1.807) is 12.1 Å². The molecule has 0 heterocycles. The number of nitrogens with one attached hydrogen (secondary N) is 1. The summed E-state index contributed by atoms with van der Waals surface area (Å²) >= 11 is 6.73. The highest BCUT2D eigenvalue weighted by atomic mass is 79.9. The molecule has 0 aliphatic carbocycles. The molecule has 0 bridgehead atoms. The SMILES string of the molecule is Cc1cc(C)c(NCc2ccc(Br)c([N+](=O)[O-])c2)c(Br)c1. The third-order valence-corrected chi connectivity index (χ3v) is 4.40. The summed E-state index contributed by atoms with van der Waals surface area (Å²) in [7, 11) is 0. The van der Waals surface area contributed by atoms with Crippen molar-refractivity contribution in [1.29, 1.82) is 0 Å². The zero-order valence-electron chi connectivity index (χ0n) is 11.6. The summed E-state index contributed by atoms with van der Waals surface area (Å²) in [5.74, 6) is 0. The molecule has 0 atom stereocenters. The Hall–Kier alpha value is -1.40. The van der Waals surface area contributed by atoms with Gasteiger partial charge in [-0.1, -0.05) is 12.1 Å². The number of hydrogen-bond acceptors (Lipinski definition) is 3. The fourth-order valence-corrected chi connectivity index (χ4v) is 3.34. The number of nitro groups is 1. The van der Waals surface area contributed by atoms with Crippen LogP contribution in [0.15, 0.2) is 39.3 Å². The summed E-state index contributed by atoms with van der Waals surface area (Å²) in [5, 5.41) is 14.3. The van der Waals surface area contributed by atoms with Gasteiger partial charge in [0.2, 0.25) is 0 Å². The molecule has 0 spiro atoms. The maximum absolute atomic E-state index is 10.9. The maximum atomic E-state index is 10.9. The van der Waals surface area contributed by atoms with Crippen molar-refractivity contribution in [2.75, 3.05) is 5.32 Å².